The number of piperazine rings is 1. The summed E-state index contributed by atoms with van der Waals surface area (Å²) in [5.41, 5.74) is 1.85. The Hall–Kier alpha value is -1.38. The molecule has 5 nitrogen and oxygen atoms in total. The van der Waals surface area contributed by atoms with Crippen molar-refractivity contribution < 1.29 is 8.42 Å². The highest BCUT2D eigenvalue weighted by atomic mass is 35.5. The number of halogens is 2. The van der Waals surface area contributed by atoms with E-state index >= 15 is 0 Å². The number of sulfonamides is 1. The molecule has 0 saturated carbocycles. The highest BCUT2D eigenvalue weighted by Crippen LogP contribution is 2.23. The molecule has 30 heavy (non-hydrogen) atoms. The molecule has 0 atom stereocenters. The third-order valence-corrected chi connectivity index (χ3v) is 7.55. The minimum atomic E-state index is -3.52. The van der Waals surface area contributed by atoms with Crippen molar-refractivity contribution in [3.05, 3.63) is 58.1 Å². The molecule has 0 unspecified atom stereocenters. The Labute approximate surface area is 194 Å². The summed E-state index contributed by atoms with van der Waals surface area (Å²) in [6.07, 6.45) is 0.932. The van der Waals surface area contributed by atoms with Gasteiger partial charge in [0.05, 0.1) is 4.90 Å². The molecule has 0 amide bonds. The fourth-order valence-electron chi connectivity index (χ4n) is 3.38. The first-order valence-corrected chi connectivity index (χ1v) is 12.4. The molecule has 0 radical (unpaired) electrons. The van der Waals surface area contributed by atoms with Crippen molar-refractivity contribution in [1.82, 2.24) is 9.21 Å². The summed E-state index contributed by atoms with van der Waals surface area (Å²) >= 11 is 17.5. The SMILES string of the molecule is CC(C)Cc1ccc(S(=O)(=O)N2CCN(C(=S)Nc3cc(Cl)cc(Cl)c3)CC2)cc1. The van der Waals surface area contributed by atoms with Crippen molar-refractivity contribution in [3.8, 4) is 0 Å². The van der Waals surface area contributed by atoms with Gasteiger partial charge >= 0.3 is 0 Å². The summed E-state index contributed by atoms with van der Waals surface area (Å²) < 4.78 is 27.5. The fraction of sp³-hybridized carbons (Fsp3) is 0.381. The zero-order valence-corrected chi connectivity index (χ0v) is 20.1. The van der Waals surface area contributed by atoms with Gasteiger partial charge in [0.1, 0.15) is 0 Å². The number of thiocarbonyl (C=S) groups is 1. The summed E-state index contributed by atoms with van der Waals surface area (Å²) in [5.74, 6) is 0.529. The van der Waals surface area contributed by atoms with Crippen LogP contribution in [-0.4, -0.2) is 48.9 Å². The summed E-state index contributed by atoms with van der Waals surface area (Å²) in [5, 5.41) is 4.67. The molecule has 0 bridgehead atoms. The van der Waals surface area contributed by atoms with Gasteiger partial charge in [0.15, 0.2) is 5.11 Å². The standard InChI is InChI=1S/C21H25Cl2N3O2S2/c1-15(2)11-16-3-5-20(6-4-16)30(27,28)26-9-7-25(8-10-26)21(29)24-19-13-17(22)12-18(23)14-19/h3-6,12-15H,7-11H2,1-2H3,(H,24,29). The lowest BCUT2D eigenvalue weighted by atomic mass is 10.0. The first-order valence-electron chi connectivity index (χ1n) is 9.76. The van der Waals surface area contributed by atoms with Crippen LogP contribution in [-0.2, 0) is 16.4 Å². The maximum absolute atomic E-state index is 13.0. The van der Waals surface area contributed by atoms with Crippen molar-refractivity contribution in [1.29, 1.82) is 0 Å². The van der Waals surface area contributed by atoms with Crippen LogP contribution in [0.15, 0.2) is 47.4 Å². The summed E-state index contributed by atoms with van der Waals surface area (Å²) in [7, 11) is -3.52. The van der Waals surface area contributed by atoms with E-state index in [2.05, 4.69) is 19.2 Å². The molecule has 0 aromatic heterocycles. The second-order valence-corrected chi connectivity index (χ2v) is 10.9. The van der Waals surface area contributed by atoms with E-state index in [-0.39, 0.29) is 0 Å². The monoisotopic (exact) mass is 485 g/mol. The van der Waals surface area contributed by atoms with E-state index in [1.165, 1.54) is 4.31 Å². The first kappa shape index (κ1) is 23.3. The predicted molar refractivity (Wildman–Crippen MR) is 128 cm³/mol. The van der Waals surface area contributed by atoms with Crippen molar-refractivity contribution in [2.75, 3.05) is 31.5 Å². The largest absolute Gasteiger partial charge is 0.346 e. The molecule has 1 aliphatic rings. The Morgan fingerprint density at radius 1 is 1.03 bits per heavy atom. The molecule has 1 fully saturated rings. The molecule has 2 aromatic carbocycles. The molecule has 1 heterocycles. The van der Waals surface area contributed by atoms with Gasteiger partial charge < -0.3 is 10.2 Å². The van der Waals surface area contributed by atoms with Crippen LogP contribution >= 0.6 is 35.4 Å². The molecule has 2 aromatic rings. The number of benzene rings is 2. The normalized spacial score (nSPS) is 15.4. The minimum absolute atomic E-state index is 0.331. The maximum Gasteiger partial charge on any atom is 0.243 e. The van der Waals surface area contributed by atoms with Crippen molar-refractivity contribution in [3.63, 3.8) is 0 Å². The van der Waals surface area contributed by atoms with E-state index in [1.54, 1.807) is 30.3 Å². The Morgan fingerprint density at radius 2 is 1.60 bits per heavy atom. The summed E-state index contributed by atoms with van der Waals surface area (Å²) in [6, 6.07) is 12.3. The average molecular weight is 486 g/mol. The number of anilines is 1. The summed E-state index contributed by atoms with van der Waals surface area (Å²) in [4.78, 5) is 2.28. The smallest absolute Gasteiger partial charge is 0.243 e. The molecule has 1 aliphatic heterocycles. The van der Waals surface area contributed by atoms with E-state index in [0.29, 0.717) is 57.8 Å². The molecular formula is C21H25Cl2N3O2S2. The lowest BCUT2D eigenvalue weighted by molar-refractivity contribution is 0.268. The van der Waals surface area contributed by atoms with Gasteiger partial charge in [-0.1, -0.05) is 49.2 Å². The highest BCUT2D eigenvalue weighted by molar-refractivity contribution is 7.89. The molecule has 1 saturated heterocycles. The number of nitrogens with one attached hydrogen (secondary N) is 1. The van der Waals surface area contributed by atoms with Gasteiger partial charge in [-0.3, -0.25) is 0 Å². The van der Waals surface area contributed by atoms with Gasteiger partial charge in [-0.05, 0) is 60.5 Å². The van der Waals surface area contributed by atoms with E-state index in [0.717, 1.165) is 12.0 Å². The van der Waals surface area contributed by atoms with E-state index in [1.807, 2.05) is 17.0 Å². The molecule has 0 spiro atoms. The average Bonchev–Trinajstić information content (AvgIpc) is 2.67. The molecule has 162 valence electrons. The van der Waals surface area contributed by atoms with Crippen molar-refractivity contribution >= 4 is 56.2 Å². The molecular weight excluding hydrogens is 461 g/mol. The number of hydrogen-bond donors (Lipinski definition) is 1. The first-order chi connectivity index (χ1) is 14.1. The molecule has 9 heteroatoms. The van der Waals surface area contributed by atoms with Crippen molar-refractivity contribution in [2.24, 2.45) is 5.92 Å². The van der Waals surface area contributed by atoms with Gasteiger partial charge in [0.25, 0.3) is 0 Å². The van der Waals surface area contributed by atoms with Crippen LogP contribution in [0.4, 0.5) is 5.69 Å². The number of hydrogen-bond acceptors (Lipinski definition) is 3. The van der Waals surface area contributed by atoms with Crippen LogP contribution in [0, 0.1) is 5.92 Å². The maximum atomic E-state index is 13.0. The number of rotatable bonds is 5. The fourth-order valence-corrected chi connectivity index (χ4v) is 5.63. The molecule has 0 aliphatic carbocycles. The van der Waals surface area contributed by atoms with Crippen LogP contribution in [0.25, 0.3) is 0 Å². The lowest BCUT2D eigenvalue weighted by Crippen LogP contribution is -2.51. The Bertz CT molecular complexity index is 983. The topological polar surface area (TPSA) is 52.7 Å². The predicted octanol–water partition coefficient (Wildman–Crippen LogP) is 4.90. The highest BCUT2D eigenvalue weighted by Gasteiger charge is 2.29. The van der Waals surface area contributed by atoms with E-state index in [9.17, 15) is 8.42 Å². The van der Waals surface area contributed by atoms with Gasteiger partial charge in [0, 0.05) is 41.9 Å². The quantitative estimate of drug-likeness (QED) is 0.610. The zero-order valence-electron chi connectivity index (χ0n) is 16.9. The third kappa shape index (κ3) is 5.86. The van der Waals surface area contributed by atoms with Crippen LogP contribution in [0.3, 0.4) is 0 Å². The number of nitrogens with zero attached hydrogens (tertiary/aromatic N) is 2. The lowest BCUT2D eigenvalue weighted by Gasteiger charge is -2.35. The van der Waals surface area contributed by atoms with Crippen molar-refractivity contribution in [2.45, 2.75) is 25.2 Å². The molecule has 3 rings (SSSR count). The summed E-state index contributed by atoms with van der Waals surface area (Å²) in [6.45, 7) is 6.03. The van der Waals surface area contributed by atoms with Crippen LogP contribution < -0.4 is 5.32 Å². The van der Waals surface area contributed by atoms with Gasteiger partial charge in [0.2, 0.25) is 10.0 Å². The van der Waals surface area contributed by atoms with Gasteiger partial charge in [-0.25, -0.2) is 8.42 Å². The van der Waals surface area contributed by atoms with Crippen LogP contribution in [0.5, 0.6) is 0 Å². The second-order valence-electron chi connectivity index (χ2n) is 7.72. The van der Waals surface area contributed by atoms with Gasteiger partial charge in [-0.2, -0.15) is 4.31 Å². The Kier molecular flexibility index (Phi) is 7.63. The second kappa shape index (κ2) is 9.83. The zero-order chi connectivity index (χ0) is 21.9. The van der Waals surface area contributed by atoms with Crippen LogP contribution in [0.2, 0.25) is 10.0 Å². The van der Waals surface area contributed by atoms with Crippen LogP contribution in [0.1, 0.15) is 19.4 Å². The van der Waals surface area contributed by atoms with E-state index in [4.69, 9.17) is 35.4 Å². The Morgan fingerprint density at radius 3 is 2.13 bits per heavy atom. The van der Waals surface area contributed by atoms with E-state index < -0.39 is 10.0 Å². The Balaban J connectivity index is 1.60. The van der Waals surface area contributed by atoms with Gasteiger partial charge in [-0.15, -0.1) is 0 Å². The minimum Gasteiger partial charge on any atom is -0.346 e. The molecule has 1 N–H and O–H groups in total. The third-order valence-electron chi connectivity index (χ3n) is 4.84.